The van der Waals surface area contributed by atoms with Crippen LogP contribution < -0.4 is 4.74 Å². The molecule has 1 atom stereocenters. The van der Waals surface area contributed by atoms with Crippen LogP contribution >= 0.6 is 22.6 Å². The number of carbonyl (C=O) groups excluding carboxylic acids is 1. The number of carbonyl (C=O) groups is 1. The van der Waals surface area contributed by atoms with Gasteiger partial charge in [0.2, 0.25) is 0 Å². The van der Waals surface area contributed by atoms with E-state index in [0.717, 1.165) is 75.9 Å². The standard InChI is InChI=1S/C31H41IN4O4/c1-31(2,3)40-30(37)35-15-13-24(14-16-35)34(4)20-23-10-9-22(19-27(23)38-5)21-11-12-26-25(18-21)29(32)33-36(26)28-8-6-7-17-39-28/h9-12,18-19,24,28H,6-8,13-17,20H2,1-5H3. The van der Waals surface area contributed by atoms with Gasteiger partial charge in [-0.2, -0.15) is 5.10 Å². The minimum atomic E-state index is -0.469. The quantitative estimate of drug-likeness (QED) is 0.270. The summed E-state index contributed by atoms with van der Waals surface area (Å²) in [6.45, 7) is 8.73. The normalized spacial score (nSPS) is 18.9. The molecule has 0 saturated carbocycles. The van der Waals surface area contributed by atoms with Gasteiger partial charge >= 0.3 is 6.09 Å². The highest BCUT2D eigenvalue weighted by atomic mass is 127. The van der Waals surface area contributed by atoms with Crippen LogP contribution in [0.15, 0.2) is 36.4 Å². The van der Waals surface area contributed by atoms with Gasteiger partial charge in [-0.15, -0.1) is 0 Å². The van der Waals surface area contributed by atoms with Gasteiger partial charge in [0.05, 0.1) is 12.6 Å². The molecule has 2 aliphatic rings. The largest absolute Gasteiger partial charge is 0.496 e. The number of ether oxygens (including phenoxy) is 3. The number of hydrogen-bond donors (Lipinski definition) is 0. The third-order valence-corrected chi connectivity index (χ3v) is 8.67. The fourth-order valence-corrected chi connectivity index (χ4v) is 6.35. The van der Waals surface area contributed by atoms with Crippen molar-refractivity contribution in [1.82, 2.24) is 19.6 Å². The topological polar surface area (TPSA) is 69.1 Å². The number of halogens is 1. The molecule has 0 radical (unpaired) electrons. The molecule has 0 bridgehead atoms. The number of rotatable bonds is 6. The van der Waals surface area contributed by atoms with Gasteiger partial charge in [-0.3, -0.25) is 4.90 Å². The number of benzene rings is 2. The van der Waals surface area contributed by atoms with Crippen LogP contribution in [0.4, 0.5) is 4.79 Å². The lowest BCUT2D eigenvalue weighted by Crippen LogP contribution is -2.46. The molecule has 2 aromatic carbocycles. The van der Waals surface area contributed by atoms with E-state index in [-0.39, 0.29) is 12.3 Å². The van der Waals surface area contributed by atoms with Gasteiger partial charge in [0.25, 0.3) is 0 Å². The van der Waals surface area contributed by atoms with E-state index in [1.54, 1.807) is 7.11 Å². The van der Waals surface area contributed by atoms with Crippen molar-refractivity contribution < 1.29 is 19.0 Å². The Labute approximate surface area is 251 Å². The Morgan fingerprint density at radius 2 is 1.82 bits per heavy atom. The molecule has 0 N–H and O–H groups in total. The van der Waals surface area contributed by atoms with Crippen LogP contribution in [-0.4, -0.2) is 71.2 Å². The average Bonchev–Trinajstić information content (AvgIpc) is 3.28. The number of likely N-dealkylation sites (tertiary alicyclic amines) is 1. The van der Waals surface area contributed by atoms with Gasteiger partial charge in [-0.1, -0.05) is 18.2 Å². The van der Waals surface area contributed by atoms with Gasteiger partial charge in [0.15, 0.2) is 6.23 Å². The second-order valence-electron chi connectivity index (χ2n) is 11.9. The molecule has 1 amide bonds. The minimum Gasteiger partial charge on any atom is -0.496 e. The highest BCUT2D eigenvalue weighted by Crippen LogP contribution is 2.34. The average molecular weight is 661 g/mol. The summed E-state index contributed by atoms with van der Waals surface area (Å²) < 4.78 is 20.5. The summed E-state index contributed by atoms with van der Waals surface area (Å²) in [5.74, 6) is 0.886. The van der Waals surface area contributed by atoms with E-state index >= 15 is 0 Å². The van der Waals surface area contributed by atoms with Crippen molar-refractivity contribution in [3.63, 3.8) is 0 Å². The number of amides is 1. The van der Waals surface area contributed by atoms with Crippen LogP contribution in [0.1, 0.15) is 64.7 Å². The summed E-state index contributed by atoms with van der Waals surface area (Å²) in [4.78, 5) is 16.6. The molecule has 0 aliphatic carbocycles. The molecule has 3 aromatic rings. The lowest BCUT2D eigenvalue weighted by atomic mass is 10.00. The van der Waals surface area contributed by atoms with E-state index in [1.807, 2.05) is 25.7 Å². The summed E-state index contributed by atoms with van der Waals surface area (Å²) in [5, 5.41) is 5.97. The molecule has 2 saturated heterocycles. The molecule has 216 valence electrons. The van der Waals surface area contributed by atoms with Crippen molar-refractivity contribution in [3.8, 4) is 16.9 Å². The molecular formula is C31H41IN4O4. The van der Waals surface area contributed by atoms with Gasteiger partial charge in [0, 0.05) is 43.2 Å². The molecule has 5 rings (SSSR count). The van der Waals surface area contributed by atoms with E-state index in [1.165, 1.54) is 6.42 Å². The highest BCUT2D eigenvalue weighted by molar-refractivity contribution is 14.1. The molecule has 2 fully saturated rings. The van der Waals surface area contributed by atoms with E-state index in [0.29, 0.717) is 19.1 Å². The molecule has 0 spiro atoms. The summed E-state index contributed by atoms with van der Waals surface area (Å²) in [5.41, 5.74) is 4.06. The number of nitrogens with zero attached hydrogens (tertiary/aromatic N) is 4. The fraction of sp³-hybridized carbons (Fsp3) is 0.548. The first kappa shape index (κ1) is 29.1. The maximum atomic E-state index is 12.4. The Hall–Kier alpha value is -2.37. The van der Waals surface area contributed by atoms with Crippen molar-refractivity contribution in [1.29, 1.82) is 0 Å². The number of piperidine rings is 1. The van der Waals surface area contributed by atoms with Crippen molar-refractivity contribution >= 4 is 39.6 Å². The van der Waals surface area contributed by atoms with Gasteiger partial charge in [0.1, 0.15) is 15.1 Å². The van der Waals surface area contributed by atoms with E-state index in [2.05, 4.69) is 75.6 Å². The number of methoxy groups -OCH3 is 1. The Balaban J connectivity index is 1.27. The predicted molar refractivity (Wildman–Crippen MR) is 166 cm³/mol. The zero-order chi connectivity index (χ0) is 28.4. The summed E-state index contributed by atoms with van der Waals surface area (Å²) >= 11 is 2.33. The first-order valence-electron chi connectivity index (χ1n) is 14.3. The molecule has 3 heterocycles. The minimum absolute atomic E-state index is 0.0199. The maximum absolute atomic E-state index is 12.4. The van der Waals surface area contributed by atoms with Crippen LogP contribution in [0.2, 0.25) is 0 Å². The summed E-state index contributed by atoms with van der Waals surface area (Å²) in [6.07, 6.45) is 4.96. The second kappa shape index (κ2) is 12.2. The lowest BCUT2D eigenvalue weighted by Gasteiger charge is -2.37. The molecule has 1 unspecified atom stereocenters. The molecule has 8 nitrogen and oxygen atoms in total. The third-order valence-electron chi connectivity index (χ3n) is 7.87. The van der Waals surface area contributed by atoms with E-state index < -0.39 is 5.60 Å². The Bertz CT molecular complexity index is 1340. The Kier molecular flexibility index (Phi) is 8.92. The monoisotopic (exact) mass is 660 g/mol. The van der Waals surface area contributed by atoms with Crippen molar-refractivity contribution in [2.45, 2.75) is 77.3 Å². The van der Waals surface area contributed by atoms with E-state index in [4.69, 9.17) is 19.3 Å². The second-order valence-corrected chi connectivity index (χ2v) is 13.0. The Morgan fingerprint density at radius 3 is 2.50 bits per heavy atom. The third kappa shape index (κ3) is 6.57. The first-order valence-corrected chi connectivity index (χ1v) is 15.4. The zero-order valence-electron chi connectivity index (χ0n) is 24.3. The van der Waals surface area contributed by atoms with Crippen LogP contribution in [0.5, 0.6) is 5.75 Å². The first-order chi connectivity index (χ1) is 19.1. The van der Waals surface area contributed by atoms with Crippen LogP contribution in [0, 0.1) is 3.70 Å². The predicted octanol–water partition coefficient (Wildman–Crippen LogP) is 6.85. The maximum Gasteiger partial charge on any atom is 0.410 e. The number of aromatic nitrogens is 2. The summed E-state index contributed by atoms with van der Waals surface area (Å²) in [7, 11) is 3.90. The van der Waals surface area contributed by atoms with Crippen LogP contribution in [0.25, 0.3) is 22.0 Å². The van der Waals surface area contributed by atoms with E-state index in [9.17, 15) is 4.79 Å². The number of hydrogen-bond acceptors (Lipinski definition) is 6. The molecule has 40 heavy (non-hydrogen) atoms. The van der Waals surface area contributed by atoms with Gasteiger partial charge in [-0.25, -0.2) is 9.48 Å². The van der Waals surface area contributed by atoms with Crippen molar-refractivity contribution in [2.75, 3.05) is 33.9 Å². The molecular weight excluding hydrogens is 619 g/mol. The van der Waals surface area contributed by atoms with Gasteiger partial charge in [-0.05, 0) is 112 Å². The molecule has 1 aromatic heterocycles. The van der Waals surface area contributed by atoms with Crippen molar-refractivity contribution in [2.24, 2.45) is 0 Å². The fourth-order valence-electron chi connectivity index (χ4n) is 5.69. The SMILES string of the molecule is COc1cc(-c2ccc3c(c2)c(I)nn3C2CCCCO2)ccc1CN(C)C1CCN(C(=O)OC(C)(C)C)CC1. The molecule has 9 heteroatoms. The zero-order valence-corrected chi connectivity index (χ0v) is 26.4. The molecule has 2 aliphatic heterocycles. The summed E-state index contributed by atoms with van der Waals surface area (Å²) in [6, 6.07) is 13.4. The van der Waals surface area contributed by atoms with Crippen LogP contribution in [-0.2, 0) is 16.0 Å². The smallest absolute Gasteiger partial charge is 0.410 e. The lowest BCUT2D eigenvalue weighted by molar-refractivity contribution is -0.0368. The highest BCUT2D eigenvalue weighted by Gasteiger charge is 2.29. The van der Waals surface area contributed by atoms with Gasteiger partial charge < -0.3 is 19.1 Å². The van der Waals surface area contributed by atoms with Crippen LogP contribution in [0.3, 0.4) is 0 Å². The van der Waals surface area contributed by atoms with Crippen molar-refractivity contribution in [3.05, 3.63) is 45.7 Å². The number of fused-ring (bicyclic) bond motifs is 1. The Morgan fingerprint density at radius 1 is 1.10 bits per heavy atom.